The van der Waals surface area contributed by atoms with Crippen molar-refractivity contribution in [2.45, 2.75) is 26.9 Å². The van der Waals surface area contributed by atoms with Crippen LogP contribution >= 0.6 is 0 Å². The number of nitrogens with one attached hydrogen (secondary N) is 1. The van der Waals surface area contributed by atoms with Crippen LogP contribution in [0.5, 0.6) is 0 Å². The fraction of sp³-hybridized carbons (Fsp3) is 0.364. The minimum absolute atomic E-state index is 0.804. The second kappa shape index (κ2) is 7.16. The Bertz CT molecular complexity index is 896. The molecule has 1 aromatic heterocycles. The lowest BCUT2D eigenvalue weighted by Gasteiger charge is -2.30. The zero-order chi connectivity index (χ0) is 19.0. The topological polar surface area (TPSA) is 44.3 Å². The van der Waals surface area contributed by atoms with Crippen LogP contribution in [0.15, 0.2) is 31.4 Å². The summed E-state index contributed by atoms with van der Waals surface area (Å²) in [5.74, 6) is 1.96. The number of nitrogens with zero attached hydrogens (tertiary/aromatic N) is 4. The van der Waals surface area contributed by atoms with Gasteiger partial charge in [0.1, 0.15) is 11.6 Å². The van der Waals surface area contributed by atoms with Gasteiger partial charge in [0, 0.05) is 49.5 Å². The fourth-order valence-electron chi connectivity index (χ4n) is 4.12. The summed E-state index contributed by atoms with van der Waals surface area (Å²) in [6, 6.07) is 6.36. The molecule has 0 radical (unpaired) electrons. The van der Waals surface area contributed by atoms with Crippen LogP contribution in [0.3, 0.4) is 0 Å². The summed E-state index contributed by atoms with van der Waals surface area (Å²) in [7, 11) is 0. The molecule has 1 N–H and O–H groups in total. The molecular weight excluding hydrogens is 334 g/mol. The molecule has 0 spiro atoms. The molecule has 0 saturated carbocycles. The first kappa shape index (κ1) is 17.7. The molecule has 5 nitrogen and oxygen atoms in total. The van der Waals surface area contributed by atoms with Crippen LogP contribution < -0.4 is 15.1 Å². The largest absolute Gasteiger partial charge is 0.361 e. The van der Waals surface area contributed by atoms with Crippen molar-refractivity contribution in [3.05, 3.63) is 59.6 Å². The highest BCUT2D eigenvalue weighted by Crippen LogP contribution is 2.37. The maximum atomic E-state index is 4.81. The number of benzene rings is 1. The van der Waals surface area contributed by atoms with Gasteiger partial charge < -0.3 is 15.1 Å². The minimum Gasteiger partial charge on any atom is -0.361 e. The molecule has 3 heterocycles. The number of allylic oxidation sites excluding steroid dienone is 1. The van der Waals surface area contributed by atoms with E-state index in [0.717, 1.165) is 67.7 Å². The molecule has 27 heavy (non-hydrogen) atoms. The van der Waals surface area contributed by atoms with Crippen LogP contribution in [0.2, 0.25) is 0 Å². The smallest absolute Gasteiger partial charge is 0.137 e. The number of hydrogen-bond donors (Lipinski definition) is 1. The lowest BCUT2D eigenvalue weighted by molar-refractivity contribution is 0.582. The van der Waals surface area contributed by atoms with E-state index in [9.17, 15) is 0 Å². The molecular formula is C22H27N5. The highest BCUT2D eigenvalue weighted by Gasteiger charge is 2.29. The third-order valence-electron chi connectivity index (χ3n) is 5.35. The van der Waals surface area contributed by atoms with Crippen molar-refractivity contribution < 1.29 is 0 Å². The first-order chi connectivity index (χ1) is 13.1. The lowest BCUT2D eigenvalue weighted by Crippen LogP contribution is -2.44. The summed E-state index contributed by atoms with van der Waals surface area (Å²) < 4.78 is 0. The Morgan fingerprint density at radius 1 is 1.15 bits per heavy atom. The van der Waals surface area contributed by atoms with Gasteiger partial charge in [0.15, 0.2) is 0 Å². The average Bonchev–Trinajstić information content (AvgIpc) is 3.11. The molecule has 1 aromatic carbocycles. The molecule has 0 unspecified atom stereocenters. The van der Waals surface area contributed by atoms with Crippen LogP contribution in [0.4, 0.5) is 11.5 Å². The van der Waals surface area contributed by atoms with Gasteiger partial charge in [0.05, 0.1) is 12.2 Å². The van der Waals surface area contributed by atoms with Gasteiger partial charge in [-0.1, -0.05) is 31.4 Å². The van der Waals surface area contributed by atoms with Gasteiger partial charge in [0.25, 0.3) is 0 Å². The van der Waals surface area contributed by atoms with Gasteiger partial charge in [-0.25, -0.2) is 9.97 Å². The van der Waals surface area contributed by atoms with Gasteiger partial charge in [0.2, 0.25) is 0 Å². The molecule has 2 aliphatic rings. The summed E-state index contributed by atoms with van der Waals surface area (Å²) in [6.07, 6.45) is 1.91. The summed E-state index contributed by atoms with van der Waals surface area (Å²) in [5, 5.41) is 3.42. The van der Waals surface area contributed by atoms with Crippen molar-refractivity contribution >= 4 is 23.2 Å². The van der Waals surface area contributed by atoms with Gasteiger partial charge >= 0.3 is 0 Å². The Labute approximate surface area is 161 Å². The molecule has 140 valence electrons. The van der Waals surface area contributed by atoms with E-state index in [1.54, 1.807) is 0 Å². The lowest BCUT2D eigenvalue weighted by atomic mass is 9.99. The summed E-state index contributed by atoms with van der Waals surface area (Å²) in [4.78, 5) is 14.4. The van der Waals surface area contributed by atoms with Crippen LogP contribution in [-0.4, -0.2) is 36.1 Å². The van der Waals surface area contributed by atoms with Gasteiger partial charge in [-0.05, 0) is 31.1 Å². The van der Waals surface area contributed by atoms with Crippen LogP contribution in [0, 0.1) is 6.92 Å². The van der Waals surface area contributed by atoms with E-state index in [-0.39, 0.29) is 0 Å². The van der Waals surface area contributed by atoms with Crippen LogP contribution in [0.1, 0.15) is 35.1 Å². The third-order valence-corrected chi connectivity index (χ3v) is 5.35. The molecule has 5 heteroatoms. The van der Waals surface area contributed by atoms with Crippen molar-refractivity contribution in [2.24, 2.45) is 0 Å². The van der Waals surface area contributed by atoms with E-state index in [1.165, 1.54) is 16.8 Å². The molecule has 0 amide bonds. The predicted molar refractivity (Wildman–Crippen MR) is 113 cm³/mol. The molecule has 4 rings (SSSR count). The van der Waals surface area contributed by atoms with E-state index >= 15 is 0 Å². The molecule has 1 saturated heterocycles. The molecule has 0 aliphatic carbocycles. The van der Waals surface area contributed by atoms with Gasteiger partial charge in [-0.2, -0.15) is 0 Å². The normalized spacial score (nSPS) is 16.4. The van der Waals surface area contributed by atoms with Crippen molar-refractivity contribution in [3.63, 3.8) is 0 Å². The number of aryl methyl sites for hydroxylation is 1. The first-order valence-electron chi connectivity index (χ1n) is 9.57. The van der Waals surface area contributed by atoms with E-state index in [0.29, 0.717) is 0 Å². The van der Waals surface area contributed by atoms with Crippen molar-refractivity contribution in [2.75, 3.05) is 36.0 Å². The van der Waals surface area contributed by atoms with Crippen molar-refractivity contribution in [1.82, 2.24) is 15.3 Å². The predicted octanol–water partition coefficient (Wildman–Crippen LogP) is 3.39. The van der Waals surface area contributed by atoms with Gasteiger partial charge in [-0.15, -0.1) is 0 Å². The zero-order valence-corrected chi connectivity index (χ0v) is 16.3. The number of rotatable bonds is 4. The van der Waals surface area contributed by atoms with E-state index in [2.05, 4.69) is 53.4 Å². The van der Waals surface area contributed by atoms with Crippen molar-refractivity contribution in [1.29, 1.82) is 0 Å². The van der Waals surface area contributed by atoms with E-state index in [4.69, 9.17) is 9.97 Å². The molecule has 2 aliphatic heterocycles. The fourth-order valence-corrected chi connectivity index (χ4v) is 4.12. The maximum absolute atomic E-state index is 4.81. The second-order valence-corrected chi connectivity index (χ2v) is 7.34. The van der Waals surface area contributed by atoms with Gasteiger partial charge in [-0.3, -0.25) is 0 Å². The minimum atomic E-state index is 0.804. The standard InChI is InChI=1S/C22H27N5/c1-5-17-7-6-8-20(21(17)15(2)3)27-13-18-19(14-27)24-16(4)25-22(18)26-11-9-23-10-12-26/h5-8,23H,1-2,9-14H2,3-4H3. The monoisotopic (exact) mass is 361 g/mol. The number of fused-ring (bicyclic) bond motifs is 1. The van der Waals surface area contributed by atoms with Crippen LogP contribution in [0.25, 0.3) is 11.6 Å². The summed E-state index contributed by atoms with van der Waals surface area (Å²) >= 11 is 0. The quantitative estimate of drug-likeness (QED) is 0.904. The highest BCUT2D eigenvalue weighted by molar-refractivity contribution is 5.82. The van der Waals surface area contributed by atoms with Crippen molar-refractivity contribution in [3.8, 4) is 0 Å². The number of piperazine rings is 1. The number of aromatic nitrogens is 2. The Morgan fingerprint density at radius 2 is 1.93 bits per heavy atom. The second-order valence-electron chi connectivity index (χ2n) is 7.34. The maximum Gasteiger partial charge on any atom is 0.137 e. The third kappa shape index (κ3) is 3.23. The summed E-state index contributed by atoms with van der Waals surface area (Å²) in [5.41, 5.74) is 6.96. The van der Waals surface area contributed by atoms with E-state index in [1.807, 2.05) is 13.0 Å². The Kier molecular flexibility index (Phi) is 4.70. The highest BCUT2D eigenvalue weighted by atomic mass is 15.3. The van der Waals surface area contributed by atoms with E-state index < -0.39 is 0 Å². The summed E-state index contributed by atoms with van der Waals surface area (Å²) in [6.45, 7) is 17.9. The molecule has 1 fully saturated rings. The Morgan fingerprint density at radius 3 is 2.63 bits per heavy atom. The zero-order valence-electron chi connectivity index (χ0n) is 16.3. The number of anilines is 2. The number of hydrogen-bond acceptors (Lipinski definition) is 5. The Balaban J connectivity index is 1.73. The average molecular weight is 361 g/mol. The SMILES string of the molecule is C=Cc1cccc(N2Cc3nc(C)nc(N4CCNCC4)c3C2)c1C(=C)C. The molecule has 2 aromatic rings. The first-order valence-corrected chi connectivity index (χ1v) is 9.57. The molecule has 0 atom stereocenters. The van der Waals surface area contributed by atoms with Crippen LogP contribution in [-0.2, 0) is 13.1 Å². The Hall–Kier alpha value is -2.66. The molecule has 0 bridgehead atoms.